The van der Waals surface area contributed by atoms with Crippen LogP contribution >= 0.6 is 0 Å². The van der Waals surface area contributed by atoms with E-state index in [0.717, 1.165) is 46.7 Å². The first-order valence-corrected chi connectivity index (χ1v) is 11.0. The molecule has 3 rings (SSSR count). The van der Waals surface area contributed by atoms with Crippen LogP contribution in [0.5, 0.6) is 11.5 Å². The fraction of sp³-hybridized carbons (Fsp3) is 0.407. The van der Waals surface area contributed by atoms with Gasteiger partial charge in [-0.1, -0.05) is 19.9 Å². The molecule has 1 heterocycles. The van der Waals surface area contributed by atoms with Crippen LogP contribution in [0.15, 0.2) is 47.5 Å². The van der Waals surface area contributed by atoms with Crippen LogP contribution in [0, 0.1) is 20.0 Å². The number of aryl methyl sites for hydroxylation is 2. The summed E-state index contributed by atoms with van der Waals surface area (Å²) < 4.78 is 11.0. The molecule has 0 aromatic heterocycles. The highest BCUT2D eigenvalue weighted by Crippen LogP contribution is 2.41. The summed E-state index contributed by atoms with van der Waals surface area (Å²) in [6, 6.07) is 12.8. The average Bonchev–Trinajstić information content (AvgIpc) is 2.78. The summed E-state index contributed by atoms with van der Waals surface area (Å²) in [6.07, 6.45) is 6.06. The molecule has 0 amide bonds. The van der Waals surface area contributed by atoms with E-state index in [9.17, 15) is 5.11 Å². The molecule has 2 aromatic carbocycles. The Hall–Kier alpha value is -2.72. The molecule has 0 saturated carbocycles. The summed E-state index contributed by atoms with van der Waals surface area (Å²) in [5.74, 6) is 1.77. The van der Waals surface area contributed by atoms with Crippen molar-refractivity contribution >= 4 is 11.3 Å². The van der Waals surface area contributed by atoms with Gasteiger partial charge in [0.15, 0.2) is 0 Å². The average molecular weight is 421 g/mol. The molecule has 31 heavy (non-hydrogen) atoms. The van der Waals surface area contributed by atoms with Crippen LogP contribution in [0.4, 0.5) is 5.69 Å². The van der Waals surface area contributed by atoms with E-state index in [1.807, 2.05) is 12.1 Å². The molecule has 0 saturated heterocycles. The lowest BCUT2D eigenvalue weighted by Gasteiger charge is -2.38. The molecule has 4 heteroatoms. The van der Waals surface area contributed by atoms with E-state index in [2.05, 4.69) is 63.1 Å². The highest BCUT2D eigenvalue weighted by Gasteiger charge is 2.30. The first-order chi connectivity index (χ1) is 15.0. The fourth-order valence-electron chi connectivity index (χ4n) is 4.56. The van der Waals surface area contributed by atoms with Gasteiger partial charge in [0.2, 0.25) is 0 Å². The zero-order chi connectivity index (χ0) is 22.5. The van der Waals surface area contributed by atoms with Crippen LogP contribution in [0.1, 0.15) is 49.8 Å². The van der Waals surface area contributed by atoms with Gasteiger partial charge < -0.3 is 19.5 Å². The number of methoxy groups -OCH3 is 2. The lowest BCUT2D eigenvalue weighted by molar-refractivity contribution is 0.299. The Morgan fingerprint density at radius 1 is 0.968 bits per heavy atom. The zero-order valence-corrected chi connectivity index (χ0v) is 19.6. The summed E-state index contributed by atoms with van der Waals surface area (Å²) in [4.78, 5) is 2.24. The lowest BCUT2D eigenvalue weighted by Crippen LogP contribution is -2.36. The molecule has 2 aromatic rings. The van der Waals surface area contributed by atoms with Crippen molar-refractivity contribution in [2.75, 3.05) is 25.7 Å². The quantitative estimate of drug-likeness (QED) is 0.581. The molecule has 1 aliphatic heterocycles. The number of hydrogen-bond acceptors (Lipinski definition) is 4. The molecule has 0 spiro atoms. The molecule has 0 aliphatic carbocycles. The van der Waals surface area contributed by atoms with Crippen molar-refractivity contribution in [3.8, 4) is 11.5 Å². The third-order valence-corrected chi connectivity index (χ3v) is 6.05. The van der Waals surface area contributed by atoms with E-state index in [1.165, 1.54) is 16.7 Å². The minimum absolute atomic E-state index is 0.104. The molecular formula is C27H34NO3. The van der Waals surface area contributed by atoms with Crippen LogP contribution in [-0.2, 0) is 0 Å². The molecule has 1 N–H and O–H groups in total. The number of ether oxygens (including phenoxy) is 2. The van der Waals surface area contributed by atoms with Crippen LogP contribution in [0.3, 0.4) is 0 Å². The summed E-state index contributed by atoms with van der Waals surface area (Å²) in [5, 5.41) is 9.76. The Bertz CT molecular complexity index is 990. The zero-order valence-electron chi connectivity index (χ0n) is 19.6. The minimum atomic E-state index is 0.104. The van der Waals surface area contributed by atoms with Gasteiger partial charge in [-0.2, -0.15) is 0 Å². The van der Waals surface area contributed by atoms with Crippen molar-refractivity contribution < 1.29 is 14.6 Å². The Morgan fingerprint density at radius 3 is 2.13 bits per heavy atom. The number of aliphatic hydroxyl groups excluding tert-OH is 1. The van der Waals surface area contributed by atoms with Gasteiger partial charge in [-0.05, 0) is 96.9 Å². The van der Waals surface area contributed by atoms with Gasteiger partial charge >= 0.3 is 0 Å². The first kappa shape index (κ1) is 23.0. The Labute approximate surface area is 186 Å². The summed E-state index contributed by atoms with van der Waals surface area (Å²) in [5.41, 5.74) is 8.16. The molecule has 1 unspecified atom stereocenters. The van der Waals surface area contributed by atoms with Crippen molar-refractivity contribution in [3.63, 3.8) is 0 Å². The van der Waals surface area contributed by atoms with E-state index in [4.69, 9.17) is 9.47 Å². The van der Waals surface area contributed by atoms with E-state index in [1.54, 1.807) is 14.2 Å². The number of hydrogen-bond donors (Lipinski definition) is 1. The molecule has 0 fully saturated rings. The largest absolute Gasteiger partial charge is 0.496 e. The van der Waals surface area contributed by atoms with E-state index >= 15 is 0 Å². The molecule has 0 bridgehead atoms. The smallest absolute Gasteiger partial charge is 0.121 e. The topological polar surface area (TPSA) is 41.9 Å². The van der Waals surface area contributed by atoms with E-state index in [0.29, 0.717) is 6.42 Å². The van der Waals surface area contributed by atoms with Gasteiger partial charge in [0, 0.05) is 12.3 Å². The van der Waals surface area contributed by atoms with Crippen LogP contribution < -0.4 is 14.4 Å². The number of benzene rings is 2. The fourth-order valence-corrected chi connectivity index (χ4v) is 4.56. The second-order valence-electron chi connectivity index (χ2n) is 7.94. The maximum atomic E-state index is 9.76. The number of nitrogens with zero attached hydrogens (tertiary/aromatic N) is 1. The van der Waals surface area contributed by atoms with Crippen molar-refractivity contribution in [2.45, 2.75) is 53.0 Å². The molecule has 1 radical (unpaired) electrons. The van der Waals surface area contributed by atoms with Gasteiger partial charge in [-0.3, -0.25) is 0 Å². The van der Waals surface area contributed by atoms with Gasteiger partial charge in [0.25, 0.3) is 0 Å². The molecule has 1 atom stereocenters. The molecule has 4 nitrogen and oxygen atoms in total. The standard InChI is InChI=1S/C27H34NO3/c1-7-23-21(13-14-29)17-28(22-10-12-26(31-6)19(4)16-22)24(8-2)27(23)20-9-11-25(30-5)18(3)15-20/h9-12,15-16,24,29H,7-8,13-14H2,1-6H3. The first-order valence-electron chi connectivity index (χ1n) is 11.0. The minimum Gasteiger partial charge on any atom is -0.496 e. The summed E-state index contributed by atoms with van der Waals surface area (Å²) in [6.45, 7) is 8.65. The normalized spacial score (nSPS) is 16.4. The van der Waals surface area contributed by atoms with Crippen molar-refractivity contribution in [1.82, 2.24) is 0 Å². The second-order valence-corrected chi connectivity index (χ2v) is 7.94. The monoisotopic (exact) mass is 420 g/mol. The summed E-state index contributed by atoms with van der Waals surface area (Å²) in [7, 11) is 3.41. The van der Waals surface area contributed by atoms with Crippen molar-refractivity contribution in [3.05, 3.63) is 70.4 Å². The van der Waals surface area contributed by atoms with Crippen LogP contribution in [0.25, 0.3) is 5.57 Å². The Morgan fingerprint density at radius 2 is 1.61 bits per heavy atom. The third-order valence-electron chi connectivity index (χ3n) is 6.05. The van der Waals surface area contributed by atoms with Crippen molar-refractivity contribution in [2.24, 2.45) is 0 Å². The third kappa shape index (κ3) is 4.49. The number of aliphatic hydroxyl groups is 1. The van der Waals surface area contributed by atoms with Gasteiger partial charge in [0.05, 0.1) is 26.5 Å². The maximum Gasteiger partial charge on any atom is 0.121 e. The highest BCUT2D eigenvalue weighted by molar-refractivity contribution is 5.82. The predicted octanol–water partition coefficient (Wildman–Crippen LogP) is 5.85. The lowest BCUT2D eigenvalue weighted by atomic mass is 9.82. The number of allylic oxidation sites excluding steroid dienone is 1. The molecule has 1 aliphatic rings. The van der Waals surface area contributed by atoms with Gasteiger partial charge in [-0.25, -0.2) is 0 Å². The maximum absolute atomic E-state index is 9.76. The van der Waals surface area contributed by atoms with Crippen LogP contribution in [0.2, 0.25) is 0 Å². The highest BCUT2D eigenvalue weighted by atomic mass is 16.5. The summed E-state index contributed by atoms with van der Waals surface area (Å²) >= 11 is 0. The van der Waals surface area contributed by atoms with E-state index in [-0.39, 0.29) is 12.6 Å². The number of rotatable bonds is 8. The SMILES string of the molecule is CCC1=C(c2ccc(OC)c(C)c2)C(CC)N(c2ccc(OC)c(C)c2)[C]=C1CCO. The van der Waals surface area contributed by atoms with Gasteiger partial charge in [0.1, 0.15) is 11.5 Å². The van der Waals surface area contributed by atoms with E-state index < -0.39 is 0 Å². The predicted molar refractivity (Wildman–Crippen MR) is 128 cm³/mol. The second kappa shape index (κ2) is 10.1. The Kier molecular flexibility index (Phi) is 7.45. The Balaban J connectivity index is 2.19. The van der Waals surface area contributed by atoms with Crippen molar-refractivity contribution in [1.29, 1.82) is 0 Å². The molecular weight excluding hydrogens is 386 g/mol. The van der Waals surface area contributed by atoms with Crippen LogP contribution in [-0.4, -0.2) is 32.0 Å². The molecule has 165 valence electrons. The number of anilines is 1. The van der Waals surface area contributed by atoms with Gasteiger partial charge in [-0.15, -0.1) is 0 Å².